The topological polar surface area (TPSA) is 149 Å². The summed E-state index contributed by atoms with van der Waals surface area (Å²) in [6.45, 7) is 10.6. The Bertz CT molecular complexity index is 2700. The van der Waals surface area contributed by atoms with Crippen molar-refractivity contribution in [3.8, 4) is 17.2 Å². The molecule has 2 N–H and O–H groups in total. The number of ether oxygens (including phenoxy) is 1. The van der Waals surface area contributed by atoms with Gasteiger partial charge in [-0.15, -0.1) is 5.11 Å². The van der Waals surface area contributed by atoms with Crippen LogP contribution < -0.4 is 4.74 Å². The molecule has 0 aromatic heterocycles. The minimum atomic E-state index is 0.0198. The minimum absolute atomic E-state index is 0.0198. The fourth-order valence-corrected chi connectivity index (χ4v) is 6.03. The highest BCUT2D eigenvalue weighted by Crippen LogP contribution is 2.39. The molecule has 0 aliphatic carbocycles. The molecule has 0 radical (unpaired) electrons. The van der Waals surface area contributed by atoms with Crippen molar-refractivity contribution in [2.45, 2.75) is 41.0 Å². The molecule has 0 aliphatic heterocycles. The van der Waals surface area contributed by atoms with Crippen molar-refractivity contribution in [3.63, 3.8) is 0 Å². The number of azo groups is 4. The van der Waals surface area contributed by atoms with Crippen LogP contribution in [0.4, 0.5) is 45.5 Å². The van der Waals surface area contributed by atoms with Gasteiger partial charge in [-0.3, -0.25) is 0 Å². The van der Waals surface area contributed by atoms with Crippen molar-refractivity contribution in [1.29, 1.82) is 0 Å². The van der Waals surface area contributed by atoms with E-state index in [4.69, 9.17) is 4.74 Å². The number of aryl methyl sites for hydroxylation is 4. The van der Waals surface area contributed by atoms with Crippen LogP contribution in [-0.4, -0.2) is 16.8 Å². The molecular formula is C45H40N8O3. The molecule has 0 amide bonds. The van der Waals surface area contributed by atoms with Crippen LogP contribution in [0, 0.1) is 27.7 Å². The van der Waals surface area contributed by atoms with Gasteiger partial charge in [0.25, 0.3) is 0 Å². The molecule has 11 heteroatoms. The Morgan fingerprint density at radius 2 is 0.946 bits per heavy atom. The zero-order chi connectivity index (χ0) is 39.2. The number of nitrogens with zero attached hydrogens (tertiary/aromatic N) is 8. The number of phenolic OH excluding ortho intramolecular Hbond substituents is 2. The summed E-state index contributed by atoms with van der Waals surface area (Å²) in [5.41, 5.74) is 8.79. The first-order valence-electron chi connectivity index (χ1n) is 18.2. The summed E-state index contributed by atoms with van der Waals surface area (Å²) in [6, 6.07) is 35.2. The molecule has 0 heterocycles. The molecular weight excluding hydrogens is 701 g/mol. The lowest BCUT2D eigenvalue weighted by atomic mass is 10.1. The second kappa shape index (κ2) is 16.5. The number of hydrogen-bond donors (Lipinski definition) is 2. The van der Waals surface area contributed by atoms with Gasteiger partial charge in [-0.1, -0.05) is 31.2 Å². The highest BCUT2D eigenvalue weighted by Gasteiger charge is 2.10. The Morgan fingerprint density at radius 1 is 0.446 bits per heavy atom. The van der Waals surface area contributed by atoms with Crippen molar-refractivity contribution in [3.05, 3.63) is 138 Å². The van der Waals surface area contributed by atoms with Crippen LogP contribution in [0.5, 0.6) is 17.2 Å². The molecule has 0 fully saturated rings. The monoisotopic (exact) mass is 740 g/mol. The first-order chi connectivity index (χ1) is 27.1. The van der Waals surface area contributed by atoms with Gasteiger partial charge in [0.05, 0.1) is 46.4 Å². The van der Waals surface area contributed by atoms with Gasteiger partial charge in [0, 0.05) is 10.8 Å². The number of phenols is 2. The third-order valence-electron chi connectivity index (χ3n) is 9.20. The van der Waals surface area contributed by atoms with Crippen molar-refractivity contribution in [2.24, 2.45) is 40.9 Å². The Morgan fingerprint density at radius 3 is 1.57 bits per heavy atom. The fourth-order valence-electron chi connectivity index (χ4n) is 6.03. The highest BCUT2D eigenvalue weighted by atomic mass is 16.5. The van der Waals surface area contributed by atoms with Crippen molar-refractivity contribution >= 4 is 67.0 Å². The quantitative estimate of drug-likeness (QED) is 0.127. The predicted molar refractivity (Wildman–Crippen MR) is 222 cm³/mol. The first kappa shape index (κ1) is 37.2. The molecule has 0 saturated carbocycles. The van der Waals surface area contributed by atoms with Crippen LogP contribution >= 0.6 is 0 Å². The van der Waals surface area contributed by atoms with Crippen LogP contribution in [-0.2, 0) is 0 Å². The summed E-state index contributed by atoms with van der Waals surface area (Å²) in [7, 11) is 0. The van der Waals surface area contributed by atoms with Crippen LogP contribution in [0.2, 0.25) is 0 Å². The summed E-state index contributed by atoms with van der Waals surface area (Å²) in [5.74, 6) is 1.03. The number of hydrogen-bond acceptors (Lipinski definition) is 11. The van der Waals surface area contributed by atoms with E-state index in [2.05, 4.69) is 53.9 Å². The second-order valence-electron chi connectivity index (χ2n) is 13.5. The minimum Gasteiger partial charge on any atom is -0.508 e. The van der Waals surface area contributed by atoms with Gasteiger partial charge in [-0.05, 0) is 158 Å². The van der Waals surface area contributed by atoms with Crippen molar-refractivity contribution in [1.82, 2.24) is 0 Å². The van der Waals surface area contributed by atoms with Gasteiger partial charge < -0.3 is 14.9 Å². The van der Waals surface area contributed by atoms with Crippen molar-refractivity contribution in [2.75, 3.05) is 6.61 Å². The summed E-state index contributed by atoms with van der Waals surface area (Å²) in [4.78, 5) is 0. The molecule has 0 bridgehead atoms. The van der Waals surface area contributed by atoms with E-state index in [-0.39, 0.29) is 11.5 Å². The summed E-state index contributed by atoms with van der Waals surface area (Å²) < 4.78 is 5.95. The van der Waals surface area contributed by atoms with Crippen LogP contribution in [0.25, 0.3) is 21.5 Å². The summed E-state index contributed by atoms with van der Waals surface area (Å²) in [5, 5.41) is 59.7. The van der Waals surface area contributed by atoms with E-state index in [9.17, 15) is 10.2 Å². The Balaban J connectivity index is 1.04. The number of rotatable bonds is 11. The SMILES string of the molecule is CCCOc1cccc2ccc(N=Nc3cc(C)c(N=Nc4cc(C)c(N=Nc5ccc6cc(N=Nc7ccc(O)cc7)ccc6c5O)cc4C)cc3C)cc12. The lowest BCUT2D eigenvalue weighted by Gasteiger charge is -2.09. The zero-order valence-electron chi connectivity index (χ0n) is 31.8. The Labute approximate surface area is 324 Å². The third kappa shape index (κ3) is 8.47. The molecule has 0 aliphatic rings. The standard InChI is InChI=1S/C45H40N8O3/c1-6-20-56-44-9-7-8-31-10-12-35(26-38(31)44)48-50-40-21-28(3)42(22-27(40)2)52-53-43-24-29(4)41(23-30(43)5)51-49-39-19-11-32-25-34(15-18-37(32)45(39)55)47-46-33-13-16-36(54)17-14-33/h7-19,21-26,54-55H,6,20H2,1-5H3. The first-order valence-corrected chi connectivity index (χ1v) is 18.2. The lowest BCUT2D eigenvalue weighted by molar-refractivity contribution is 0.321. The van der Waals surface area contributed by atoms with Crippen molar-refractivity contribution < 1.29 is 14.9 Å². The van der Waals surface area contributed by atoms with Crippen LogP contribution in [0.1, 0.15) is 35.6 Å². The normalized spacial score (nSPS) is 12.0. The Hall–Kier alpha value is -7.14. The summed E-state index contributed by atoms with van der Waals surface area (Å²) in [6.07, 6.45) is 0.937. The van der Waals surface area contributed by atoms with Crippen LogP contribution in [0.3, 0.4) is 0 Å². The van der Waals surface area contributed by atoms with E-state index in [1.807, 2.05) is 94.4 Å². The molecule has 0 atom stereocenters. The number of benzene rings is 7. The maximum Gasteiger partial charge on any atom is 0.150 e. The van der Waals surface area contributed by atoms with E-state index in [1.54, 1.807) is 42.5 Å². The van der Waals surface area contributed by atoms with Gasteiger partial charge in [0.2, 0.25) is 0 Å². The maximum atomic E-state index is 11.0. The summed E-state index contributed by atoms with van der Waals surface area (Å²) >= 11 is 0. The number of fused-ring (bicyclic) bond motifs is 2. The molecule has 278 valence electrons. The van der Waals surface area contributed by atoms with E-state index in [0.29, 0.717) is 40.4 Å². The van der Waals surface area contributed by atoms with Gasteiger partial charge in [0.1, 0.15) is 17.2 Å². The average Bonchev–Trinajstić information content (AvgIpc) is 3.20. The highest BCUT2D eigenvalue weighted by molar-refractivity contribution is 5.94. The van der Waals surface area contributed by atoms with E-state index in [1.165, 1.54) is 0 Å². The largest absolute Gasteiger partial charge is 0.508 e. The fraction of sp³-hybridized carbons (Fsp3) is 0.156. The molecule has 0 saturated heterocycles. The van der Waals surface area contributed by atoms with E-state index < -0.39 is 0 Å². The molecule has 0 unspecified atom stereocenters. The third-order valence-corrected chi connectivity index (χ3v) is 9.20. The molecule has 0 spiro atoms. The van der Waals surface area contributed by atoms with E-state index >= 15 is 0 Å². The van der Waals surface area contributed by atoms with Gasteiger partial charge in [-0.2, -0.15) is 35.8 Å². The molecule has 7 aromatic rings. The average molecular weight is 741 g/mol. The van der Waals surface area contributed by atoms with E-state index in [0.717, 1.165) is 67.6 Å². The molecule has 11 nitrogen and oxygen atoms in total. The smallest absolute Gasteiger partial charge is 0.150 e. The predicted octanol–water partition coefficient (Wildman–Crippen LogP) is 15.1. The lowest BCUT2D eigenvalue weighted by Crippen LogP contribution is -1.95. The maximum absolute atomic E-state index is 11.0. The zero-order valence-corrected chi connectivity index (χ0v) is 31.8. The number of aromatic hydroxyl groups is 2. The van der Waals surface area contributed by atoms with Gasteiger partial charge in [-0.25, -0.2) is 0 Å². The van der Waals surface area contributed by atoms with Gasteiger partial charge >= 0.3 is 0 Å². The second-order valence-corrected chi connectivity index (χ2v) is 13.5. The van der Waals surface area contributed by atoms with Gasteiger partial charge in [0.15, 0.2) is 5.75 Å². The molecule has 7 aromatic carbocycles. The Kier molecular flexibility index (Phi) is 10.9. The molecule has 56 heavy (non-hydrogen) atoms. The van der Waals surface area contributed by atoms with Crippen LogP contribution in [0.15, 0.2) is 156 Å². The molecule has 7 rings (SSSR count).